The van der Waals surface area contributed by atoms with E-state index in [-0.39, 0.29) is 0 Å². The molecule has 0 fully saturated rings. The Kier molecular flexibility index (Phi) is 3.39. The van der Waals surface area contributed by atoms with Crippen LogP contribution in [0.4, 0.5) is 5.69 Å². The molecule has 0 aliphatic heterocycles. The third kappa shape index (κ3) is 2.11. The molecule has 0 aliphatic carbocycles. The van der Waals surface area contributed by atoms with Gasteiger partial charge in [0.1, 0.15) is 8.07 Å². The fourth-order valence-electron chi connectivity index (χ4n) is 2.32. The molecule has 2 N–H and O–H groups in total. The number of anilines is 1. The summed E-state index contributed by atoms with van der Waals surface area (Å²) in [6.45, 7) is 8.49. The van der Waals surface area contributed by atoms with Crippen molar-refractivity contribution in [3.05, 3.63) is 60.7 Å². The second-order valence-corrected chi connectivity index (χ2v) is 9.37. The van der Waals surface area contributed by atoms with Crippen LogP contribution in [-0.2, 0) is 0 Å². The van der Waals surface area contributed by atoms with E-state index in [9.17, 15) is 0 Å². The minimum atomic E-state index is -1.72. The van der Waals surface area contributed by atoms with Gasteiger partial charge in [-0.25, -0.2) is 0 Å². The molecule has 0 amide bonds. The number of benzene rings is 2. The van der Waals surface area contributed by atoms with Crippen LogP contribution in [0.1, 0.15) is 5.56 Å². The van der Waals surface area contributed by atoms with Crippen LogP contribution in [0.25, 0.3) is 6.08 Å². The van der Waals surface area contributed by atoms with E-state index >= 15 is 0 Å². The van der Waals surface area contributed by atoms with Crippen molar-refractivity contribution in [2.24, 2.45) is 0 Å². The van der Waals surface area contributed by atoms with Crippen molar-refractivity contribution in [1.29, 1.82) is 0 Å². The summed E-state index contributed by atoms with van der Waals surface area (Å²) in [5.41, 5.74) is 8.19. The van der Waals surface area contributed by atoms with Crippen LogP contribution < -0.4 is 16.1 Å². The number of hydrogen-bond acceptors (Lipinski definition) is 1. The van der Waals surface area contributed by atoms with Crippen molar-refractivity contribution in [2.45, 2.75) is 13.1 Å². The Bertz CT molecular complexity index is 559. The predicted octanol–water partition coefficient (Wildman–Crippen LogP) is 2.73. The van der Waals surface area contributed by atoms with Crippen LogP contribution in [0.15, 0.2) is 55.1 Å². The maximum absolute atomic E-state index is 6.28. The Hall–Kier alpha value is -1.80. The summed E-state index contributed by atoms with van der Waals surface area (Å²) in [5.74, 6) is 0. The first-order valence-corrected chi connectivity index (χ1v) is 9.14. The molecule has 0 atom stereocenters. The van der Waals surface area contributed by atoms with E-state index in [2.05, 4.69) is 62.1 Å². The molecule has 0 radical (unpaired) electrons. The van der Waals surface area contributed by atoms with Crippen molar-refractivity contribution >= 4 is 30.2 Å². The monoisotopic (exact) mass is 253 g/mol. The molecular formula is C16H19NSi. The smallest absolute Gasteiger partial charge is 0.114 e. The van der Waals surface area contributed by atoms with E-state index in [1.807, 2.05) is 12.1 Å². The average Bonchev–Trinajstić information content (AvgIpc) is 2.40. The molecule has 2 heteroatoms. The average molecular weight is 253 g/mol. The van der Waals surface area contributed by atoms with Crippen LogP contribution in [0.5, 0.6) is 0 Å². The van der Waals surface area contributed by atoms with Crippen LogP contribution in [-0.4, -0.2) is 8.07 Å². The Labute approximate surface area is 110 Å². The standard InChI is InChI=1S/C16H19NSi/c1-4-13-9-8-12-15(16(13)17)18(2,3)14-10-6-5-7-11-14/h4-12H,1,17H2,2-3H3. The van der Waals surface area contributed by atoms with Gasteiger partial charge in [0.05, 0.1) is 0 Å². The first-order valence-electron chi connectivity index (χ1n) is 6.14. The minimum absolute atomic E-state index is 0.882. The zero-order valence-corrected chi connectivity index (χ0v) is 12.0. The van der Waals surface area contributed by atoms with Gasteiger partial charge in [-0.2, -0.15) is 0 Å². The topological polar surface area (TPSA) is 26.0 Å². The van der Waals surface area contributed by atoms with Gasteiger partial charge in [-0.1, -0.05) is 79.5 Å². The lowest BCUT2D eigenvalue weighted by Crippen LogP contribution is -2.53. The van der Waals surface area contributed by atoms with Crippen LogP contribution >= 0.6 is 0 Å². The molecule has 0 spiro atoms. The summed E-state index contributed by atoms with van der Waals surface area (Å²) >= 11 is 0. The van der Waals surface area contributed by atoms with Crippen molar-refractivity contribution in [3.8, 4) is 0 Å². The molecular weight excluding hydrogens is 234 g/mol. The third-order valence-corrected chi connectivity index (χ3v) is 7.09. The van der Waals surface area contributed by atoms with Gasteiger partial charge in [-0.05, 0) is 10.8 Å². The van der Waals surface area contributed by atoms with E-state index in [4.69, 9.17) is 5.73 Å². The Morgan fingerprint density at radius 3 is 2.28 bits per heavy atom. The van der Waals surface area contributed by atoms with Gasteiger partial charge in [-0.15, -0.1) is 0 Å². The highest BCUT2D eigenvalue weighted by Crippen LogP contribution is 2.15. The number of rotatable bonds is 3. The molecule has 2 rings (SSSR count). The number of hydrogen-bond donors (Lipinski definition) is 1. The van der Waals surface area contributed by atoms with Gasteiger partial charge in [0.15, 0.2) is 0 Å². The van der Waals surface area contributed by atoms with Crippen LogP contribution in [0, 0.1) is 0 Å². The summed E-state index contributed by atoms with van der Waals surface area (Å²) in [5, 5.41) is 2.68. The SMILES string of the molecule is C=Cc1cccc([Si](C)(C)c2ccccc2)c1N. The summed E-state index contributed by atoms with van der Waals surface area (Å²) in [4.78, 5) is 0. The largest absolute Gasteiger partial charge is 0.398 e. The van der Waals surface area contributed by atoms with Gasteiger partial charge in [0.25, 0.3) is 0 Å². The predicted molar refractivity (Wildman–Crippen MR) is 84.1 cm³/mol. The van der Waals surface area contributed by atoms with Gasteiger partial charge in [0, 0.05) is 5.69 Å². The maximum Gasteiger partial charge on any atom is 0.114 e. The second-order valence-electron chi connectivity index (χ2n) is 5.00. The number of nitrogens with two attached hydrogens (primary N) is 1. The molecule has 0 saturated heterocycles. The highest BCUT2D eigenvalue weighted by atomic mass is 28.3. The maximum atomic E-state index is 6.28. The molecule has 2 aromatic rings. The zero-order chi connectivity index (χ0) is 13.2. The van der Waals surface area contributed by atoms with Crippen molar-refractivity contribution < 1.29 is 0 Å². The van der Waals surface area contributed by atoms with E-state index in [0.29, 0.717) is 0 Å². The van der Waals surface area contributed by atoms with E-state index in [0.717, 1.165) is 11.3 Å². The van der Waals surface area contributed by atoms with Gasteiger partial charge in [-0.3, -0.25) is 0 Å². The fraction of sp³-hybridized carbons (Fsp3) is 0.125. The van der Waals surface area contributed by atoms with Crippen LogP contribution in [0.2, 0.25) is 13.1 Å². The molecule has 1 nitrogen and oxygen atoms in total. The molecule has 0 saturated carbocycles. The van der Waals surface area contributed by atoms with E-state index in [1.54, 1.807) is 0 Å². The molecule has 0 bridgehead atoms. The summed E-state index contributed by atoms with van der Waals surface area (Å²) in [6.07, 6.45) is 1.83. The second kappa shape index (κ2) is 4.82. The number of nitrogen functional groups attached to an aromatic ring is 1. The lowest BCUT2D eigenvalue weighted by molar-refractivity contribution is 1.63. The lowest BCUT2D eigenvalue weighted by Gasteiger charge is -2.26. The highest BCUT2D eigenvalue weighted by Gasteiger charge is 2.28. The minimum Gasteiger partial charge on any atom is -0.398 e. The molecule has 0 aliphatic rings. The number of para-hydroxylation sites is 1. The van der Waals surface area contributed by atoms with Gasteiger partial charge in [0.2, 0.25) is 0 Å². The first kappa shape index (κ1) is 12.6. The van der Waals surface area contributed by atoms with Gasteiger partial charge >= 0.3 is 0 Å². The third-order valence-electron chi connectivity index (χ3n) is 3.53. The van der Waals surface area contributed by atoms with E-state index in [1.165, 1.54) is 10.4 Å². The summed E-state index contributed by atoms with van der Waals surface area (Å²) < 4.78 is 0. The Morgan fingerprint density at radius 1 is 1.00 bits per heavy atom. The molecule has 18 heavy (non-hydrogen) atoms. The van der Waals surface area contributed by atoms with Gasteiger partial charge < -0.3 is 5.73 Å². The van der Waals surface area contributed by atoms with Crippen molar-refractivity contribution in [3.63, 3.8) is 0 Å². The Balaban J connectivity index is 2.58. The lowest BCUT2D eigenvalue weighted by atomic mass is 10.2. The summed E-state index contributed by atoms with van der Waals surface area (Å²) in [7, 11) is -1.72. The molecule has 0 heterocycles. The molecule has 0 unspecified atom stereocenters. The van der Waals surface area contributed by atoms with Crippen molar-refractivity contribution in [1.82, 2.24) is 0 Å². The normalized spacial score (nSPS) is 11.2. The zero-order valence-electron chi connectivity index (χ0n) is 11.0. The summed E-state index contributed by atoms with van der Waals surface area (Å²) in [6, 6.07) is 16.9. The molecule has 2 aromatic carbocycles. The van der Waals surface area contributed by atoms with Crippen LogP contribution in [0.3, 0.4) is 0 Å². The Morgan fingerprint density at radius 2 is 1.67 bits per heavy atom. The first-order chi connectivity index (χ1) is 8.57. The molecule has 0 aromatic heterocycles. The fourth-order valence-corrected chi connectivity index (χ4v) is 4.98. The van der Waals surface area contributed by atoms with Crippen molar-refractivity contribution in [2.75, 3.05) is 5.73 Å². The molecule has 92 valence electrons. The van der Waals surface area contributed by atoms with E-state index < -0.39 is 8.07 Å². The quantitative estimate of drug-likeness (QED) is 0.660. The highest BCUT2D eigenvalue weighted by molar-refractivity contribution is 7.01.